The summed E-state index contributed by atoms with van der Waals surface area (Å²) < 4.78 is 1.31. The second kappa shape index (κ2) is 7.17. The zero-order chi connectivity index (χ0) is 18.8. The van der Waals surface area contributed by atoms with Gasteiger partial charge in [0.2, 0.25) is 0 Å². The molecular weight excluding hydrogens is 358 g/mol. The van der Waals surface area contributed by atoms with Crippen LogP contribution in [0.3, 0.4) is 0 Å². The topological polar surface area (TPSA) is 47.2 Å². The number of nitrogens with zero attached hydrogens (tertiary/aromatic N) is 3. The van der Waals surface area contributed by atoms with Gasteiger partial charge in [-0.25, -0.2) is 4.98 Å². The van der Waals surface area contributed by atoms with Crippen molar-refractivity contribution in [2.24, 2.45) is 5.10 Å². The second-order valence-electron chi connectivity index (χ2n) is 6.20. The predicted octanol–water partition coefficient (Wildman–Crippen LogP) is 4.91. The molecule has 132 valence electrons. The minimum Gasteiger partial charge on any atom is -0.267 e. The number of fused-ring (bicyclic) bond motifs is 1. The molecule has 0 atom stereocenters. The van der Waals surface area contributed by atoms with Crippen molar-refractivity contribution in [1.29, 1.82) is 0 Å². The van der Waals surface area contributed by atoms with E-state index >= 15 is 0 Å². The van der Waals surface area contributed by atoms with Crippen LogP contribution in [-0.2, 0) is 0 Å². The first kappa shape index (κ1) is 17.2. The van der Waals surface area contributed by atoms with Crippen LogP contribution in [-0.4, -0.2) is 15.9 Å². The normalized spacial score (nSPS) is 11.3. The van der Waals surface area contributed by atoms with Crippen LogP contribution >= 0.6 is 11.6 Å². The molecule has 4 aromatic rings. The Morgan fingerprint density at radius 2 is 1.67 bits per heavy atom. The Hall–Kier alpha value is -3.24. The van der Waals surface area contributed by atoms with Crippen molar-refractivity contribution >= 4 is 28.7 Å². The van der Waals surface area contributed by atoms with Crippen molar-refractivity contribution in [3.05, 3.63) is 99.3 Å². The summed E-state index contributed by atoms with van der Waals surface area (Å²) in [5.74, 6) is 0.410. The number of rotatable bonds is 3. The average molecular weight is 374 g/mol. The van der Waals surface area contributed by atoms with E-state index in [0.717, 1.165) is 11.1 Å². The van der Waals surface area contributed by atoms with Gasteiger partial charge in [0.25, 0.3) is 5.56 Å². The molecule has 4 rings (SSSR count). The second-order valence-corrected chi connectivity index (χ2v) is 6.61. The number of hydrogen-bond donors (Lipinski definition) is 0. The van der Waals surface area contributed by atoms with Crippen molar-refractivity contribution < 1.29 is 0 Å². The predicted molar refractivity (Wildman–Crippen MR) is 111 cm³/mol. The Kier molecular flexibility index (Phi) is 4.57. The van der Waals surface area contributed by atoms with E-state index in [1.807, 2.05) is 67.6 Å². The molecule has 0 amide bonds. The summed E-state index contributed by atoms with van der Waals surface area (Å²) in [6.45, 7) is 2.02. The zero-order valence-electron chi connectivity index (χ0n) is 14.6. The van der Waals surface area contributed by atoms with Crippen molar-refractivity contribution in [2.75, 3.05) is 0 Å². The zero-order valence-corrected chi connectivity index (χ0v) is 15.4. The molecular formula is C22H16ClN3O. The molecule has 0 aliphatic carbocycles. The van der Waals surface area contributed by atoms with Crippen LogP contribution in [0.1, 0.15) is 11.1 Å². The standard InChI is InChI=1S/C22H16ClN3O/c1-15-10-12-16(13-11-15)14-24-26-21(17-6-2-4-8-19(17)23)25-20-9-5-3-7-18(20)22(26)27/h2-14H,1H3/b24-14-. The molecule has 1 aromatic heterocycles. The smallest absolute Gasteiger partial charge is 0.267 e. The minimum absolute atomic E-state index is 0.237. The van der Waals surface area contributed by atoms with Crippen LogP contribution in [0.25, 0.3) is 22.3 Å². The maximum absolute atomic E-state index is 13.1. The van der Waals surface area contributed by atoms with Crippen LogP contribution < -0.4 is 5.56 Å². The molecule has 27 heavy (non-hydrogen) atoms. The van der Waals surface area contributed by atoms with Crippen LogP contribution in [0.4, 0.5) is 0 Å². The highest BCUT2D eigenvalue weighted by Gasteiger charge is 2.14. The third-order valence-corrected chi connectivity index (χ3v) is 4.60. The van der Waals surface area contributed by atoms with Crippen molar-refractivity contribution in [1.82, 2.24) is 9.66 Å². The molecule has 3 aromatic carbocycles. The highest BCUT2D eigenvalue weighted by molar-refractivity contribution is 6.33. The van der Waals surface area contributed by atoms with Crippen molar-refractivity contribution in [2.45, 2.75) is 6.92 Å². The van der Waals surface area contributed by atoms with Gasteiger partial charge in [-0.05, 0) is 36.8 Å². The molecule has 0 radical (unpaired) electrons. The van der Waals surface area contributed by atoms with Crippen LogP contribution in [0.15, 0.2) is 82.7 Å². The maximum atomic E-state index is 13.1. The number of hydrogen-bond acceptors (Lipinski definition) is 3. The number of halogens is 1. The maximum Gasteiger partial charge on any atom is 0.282 e. The Morgan fingerprint density at radius 3 is 2.44 bits per heavy atom. The third-order valence-electron chi connectivity index (χ3n) is 4.27. The minimum atomic E-state index is -0.237. The Bertz CT molecular complexity index is 1210. The van der Waals surface area contributed by atoms with Gasteiger partial charge in [-0.15, -0.1) is 0 Å². The molecule has 0 N–H and O–H groups in total. The Labute approximate surface area is 161 Å². The van der Waals surface area contributed by atoms with Crippen LogP contribution in [0.5, 0.6) is 0 Å². The summed E-state index contributed by atoms with van der Waals surface area (Å²) in [5, 5.41) is 5.45. The number of para-hydroxylation sites is 1. The molecule has 4 nitrogen and oxygen atoms in total. The summed E-state index contributed by atoms with van der Waals surface area (Å²) in [7, 11) is 0. The highest BCUT2D eigenvalue weighted by atomic mass is 35.5. The van der Waals surface area contributed by atoms with Crippen molar-refractivity contribution in [3.63, 3.8) is 0 Å². The fourth-order valence-electron chi connectivity index (χ4n) is 2.82. The van der Waals surface area contributed by atoms with E-state index < -0.39 is 0 Å². The van der Waals surface area contributed by atoms with Gasteiger partial charge >= 0.3 is 0 Å². The van der Waals surface area contributed by atoms with Crippen LogP contribution in [0.2, 0.25) is 5.02 Å². The van der Waals surface area contributed by atoms with Gasteiger partial charge in [0.05, 0.1) is 22.1 Å². The Balaban J connectivity index is 1.95. The molecule has 5 heteroatoms. The molecule has 0 saturated heterocycles. The summed E-state index contributed by atoms with van der Waals surface area (Å²) in [4.78, 5) is 17.7. The summed E-state index contributed by atoms with van der Waals surface area (Å²) in [6, 6.07) is 22.4. The van der Waals surface area contributed by atoms with Crippen molar-refractivity contribution in [3.8, 4) is 11.4 Å². The fourth-order valence-corrected chi connectivity index (χ4v) is 3.04. The lowest BCUT2D eigenvalue weighted by Gasteiger charge is -2.10. The van der Waals surface area contributed by atoms with E-state index in [9.17, 15) is 4.79 Å². The van der Waals surface area contributed by atoms with E-state index in [0.29, 0.717) is 27.3 Å². The number of aromatic nitrogens is 2. The first-order chi connectivity index (χ1) is 13.1. The highest BCUT2D eigenvalue weighted by Crippen LogP contribution is 2.26. The van der Waals surface area contributed by atoms with E-state index in [4.69, 9.17) is 11.6 Å². The SMILES string of the molecule is Cc1ccc(/C=N\n2c(-c3ccccc3Cl)nc3ccccc3c2=O)cc1. The number of aryl methyl sites for hydroxylation is 1. The summed E-state index contributed by atoms with van der Waals surface area (Å²) >= 11 is 6.36. The molecule has 0 aliphatic heterocycles. The molecule has 0 aliphatic rings. The first-order valence-electron chi connectivity index (χ1n) is 8.51. The lowest BCUT2D eigenvalue weighted by atomic mass is 10.2. The van der Waals surface area contributed by atoms with E-state index in [2.05, 4.69) is 10.1 Å². The quantitative estimate of drug-likeness (QED) is 0.479. The monoisotopic (exact) mass is 373 g/mol. The summed E-state index contributed by atoms with van der Waals surface area (Å²) in [6.07, 6.45) is 1.65. The molecule has 0 bridgehead atoms. The first-order valence-corrected chi connectivity index (χ1v) is 8.89. The molecule has 0 fully saturated rings. The third kappa shape index (κ3) is 3.39. The lowest BCUT2D eigenvalue weighted by Crippen LogP contribution is -2.20. The number of benzene rings is 3. The largest absolute Gasteiger partial charge is 0.282 e. The molecule has 0 unspecified atom stereocenters. The van der Waals surface area contributed by atoms with Crippen LogP contribution in [0, 0.1) is 6.92 Å². The Morgan fingerprint density at radius 1 is 0.963 bits per heavy atom. The van der Waals surface area contributed by atoms with Gasteiger partial charge in [-0.1, -0.05) is 65.7 Å². The lowest BCUT2D eigenvalue weighted by molar-refractivity contribution is 0.830. The van der Waals surface area contributed by atoms with Gasteiger partial charge in [0, 0.05) is 5.56 Å². The summed E-state index contributed by atoms with van der Waals surface area (Å²) in [5.41, 5.74) is 3.08. The van der Waals surface area contributed by atoms with Gasteiger partial charge in [-0.2, -0.15) is 9.78 Å². The molecule has 1 heterocycles. The van der Waals surface area contributed by atoms with E-state index in [-0.39, 0.29) is 5.56 Å². The van der Waals surface area contributed by atoms with Gasteiger partial charge in [0.15, 0.2) is 5.82 Å². The molecule has 0 saturated carbocycles. The molecule has 0 spiro atoms. The van der Waals surface area contributed by atoms with Gasteiger partial charge < -0.3 is 0 Å². The van der Waals surface area contributed by atoms with Gasteiger partial charge in [-0.3, -0.25) is 4.79 Å². The fraction of sp³-hybridized carbons (Fsp3) is 0.0455. The average Bonchev–Trinajstić information content (AvgIpc) is 2.69. The van der Waals surface area contributed by atoms with Gasteiger partial charge in [0.1, 0.15) is 0 Å². The van der Waals surface area contributed by atoms with E-state index in [1.54, 1.807) is 18.3 Å². The van der Waals surface area contributed by atoms with E-state index in [1.165, 1.54) is 4.68 Å².